The van der Waals surface area contributed by atoms with E-state index in [-0.39, 0.29) is 0 Å². The summed E-state index contributed by atoms with van der Waals surface area (Å²) in [4.78, 5) is 0. The zero-order chi connectivity index (χ0) is 13.8. The minimum absolute atomic E-state index is 0.434. The molecule has 0 bridgehead atoms. The molecule has 0 atom stereocenters. The first kappa shape index (κ1) is 13.1. The molecule has 1 aromatic heterocycles. The van der Waals surface area contributed by atoms with Crippen molar-refractivity contribution in [3.05, 3.63) is 47.3 Å². The Morgan fingerprint density at radius 2 is 2.26 bits per heavy atom. The standard InChI is InChI=1S/C14H17N3O2/c1-10-4-5-13(11(2)16-18)14(6-10)19-9-12-7-15-17(3)8-12/h4-8,18H,9H2,1-3H3/b16-11-. The van der Waals surface area contributed by atoms with Crippen LogP contribution in [-0.2, 0) is 13.7 Å². The number of benzene rings is 1. The van der Waals surface area contributed by atoms with Crippen molar-refractivity contribution >= 4 is 5.71 Å². The van der Waals surface area contributed by atoms with Gasteiger partial charge in [0.05, 0.1) is 11.9 Å². The molecule has 2 aromatic rings. The number of hydrogen-bond donors (Lipinski definition) is 1. The molecule has 0 fully saturated rings. The van der Waals surface area contributed by atoms with Crippen molar-refractivity contribution in [1.29, 1.82) is 0 Å². The summed E-state index contributed by atoms with van der Waals surface area (Å²) in [5, 5.41) is 16.2. The second kappa shape index (κ2) is 5.56. The zero-order valence-electron chi connectivity index (χ0n) is 11.3. The van der Waals surface area contributed by atoms with Crippen LogP contribution < -0.4 is 4.74 Å². The summed E-state index contributed by atoms with van der Waals surface area (Å²) in [6.07, 6.45) is 3.67. The molecule has 100 valence electrons. The fourth-order valence-corrected chi connectivity index (χ4v) is 1.81. The van der Waals surface area contributed by atoms with E-state index in [9.17, 15) is 0 Å². The summed E-state index contributed by atoms with van der Waals surface area (Å²) < 4.78 is 7.53. The third kappa shape index (κ3) is 3.13. The first-order valence-electron chi connectivity index (χ1n) is 6.00. The first-order valence-corrected chi connectivity index (χ1v) is 6.00. The lowest BCUT2D eigenvalue weighted by atomic mass is 10.1. The van der Waals surface area contributed by atoms with Crippen LogP contribution in [0.15, 0.2) is 35.7 Å². The quantitative estimate of drug-likeness (QED) is 0.521. The van der Waals surface area contributed by atoms with E-state index in [2.05, 4.69) is 10.3 Å². The van der Waals surface area contributed by atoms with Crippen molar-refractivity contribution in [3.63, 3.8) is 0 Å². The molecule has 19 heavy (non-hydrogen) atoms. The van der Waals surface area contributed by atoms with Crippen LogP contribution in [0, 0.1) is 6.92 Å². The lowest BCUT2D eigenvalue weighted by molar-refractivity contribution is 0.303. The average Bonchev–Trinajstić information content (AvgIpc) is 2.81. The Morgan fingerprint density at radius 3 is 2.89 bits per heavy atom. The molecule has 0 amide bonds. The van der Waals surface area contributed by atoms with Crippen molar-refractivity contribution in [2.24, 2.45) is 12.2 Å². The normalized spacial score (nSPS) is 11.6. The van der Waals surface area contributed by atoms with E-state index < -0.39 is 0 Å². The maximum absolute atomic E-state index is 8.89. The van der Waals surface area contributed by atoms with E-state index in [0.717, 1.165) is 16.7 Å². The van der Waals surface area contributed by atoms with Crippen molar-refractivity contribution in [3.8, 4) is 5.75 Å². The summed E-state index contributed by atoms with van der Waals surface area (Å²) >= 11 is 0. The number of ether oxygens (including phenoxy) is 1. The van der Waals surface area contributed by atoms with E-state index >= 15 is 0 Å². The van der Waals surface area contributed by atoms with Crippen LogP contribution in [0.2, 0.25) is 0 Å². The van der Waals surface area contributed by atoms with Gasteiger partial charge >= 0.3 is 0 Å². The van der Waals surface area contributed by atoms with Gasteiger partial charge in [-0.1, -0.05) is 11.2 Å². The molecule has 0 saturated carbocycles. The van der Waals surface area contributed by atoms with Crippen LogP contribution in [-0.4, -0.2) is 20.7 Å². The maximum atomic E-state index is 8.89. The maximum Gasteiger partial charge on any atom is 0.129 e. The molecule has 5 nitrogen and oxygen atoms in total. The molecular formula is C14H17N3O2. The molecule has 0 saturated heterocycles. The number of hydrogen-bond acceptors (Lipinski definition) is 4. The highest BCUT2D eigenvalue weighted by molar-refractivity contribution is 6.00. The number of oxime groups is 1. The fraction of sp³-hybridized carbons (Fsp3) is 0.286. The molecule has 0 aliphatic rings. The summed E-state index contributed by atoms with van der Waals surface area (Å²) in [6, 6.07) is 5.78. The monoisotopic (exact) mass is 259 g/mol. The minimum atomic E-state index is 0.434. The van der Waals surface area contributed by atoms with Gasteiger partial charge in [-0.25, -0.2) is 0 Å². The molecule has 0 aliphatic heterocycles. The van der Waals surface area contributed by atoms with Crippen LogP contribution in [0.4, 0.5) is 0 Å². The molecule has 1 N–H and O–H groups in total. The summed E-state index contributed by atoms with van der Waals surface area (Å²) in [7, 11) is 1.87. The Labute approximate surface area is 112 Å². The van der Waals surface area contributed by atoms with Gasteiger partial charge in [-0.2, -0.15) is 5.10 Å². The van der Waals surface area contributed by atoms with E-state index in [0.29, 0.717) is 18.1 Å². The van der Waals surface area contributed by atoms with Crippen LogP contribution in [0.5, 0.6) is 5.75 Å². The highest BCUT2D eigenvalue weighted by atomic mass is 16.5. The van der Waals surface area contributed by atoms with Gasteiger partial charge in [0.15, 0.2) is 0 Å². The van der Waals surface area contributed by atoms with E-state index in [1.807, 2.05) is 38.4 Å². The number of nitrogens with zero attached hydrogens (tertiary/aromatic N) is 3. The molecule has 1 aromatic carbocycles. The van der Waals surface area contributed by atoms with Gasteiger partial charge in [0.1, 0.15) is 12.4 Å². The number of aryl methyl sites for hydroxylation is 2. The number of rotatable bonds is 4. The molecular weight excluding hydrogens is 242 g/mol. The molecule has 2 rings (SSSR count). The Balaban J connectivity index is 2.21. The van der Waals surface area contributed by atoms with Crippen molar-refractivity contribution in [2.75, 3.05) is 0 Å². The van der Waals surface area contributed by atoms with Crippen molar-refractivity contribution < 1.29 is 9.94 Å². The Hall–Kier alpha value is -2.30. The Kier molecular flexibility index (Phi) is 3.85. The van der Waals surface area contributed by atoms with Gasteiger partial charge in [0.2, 0.25) is 0 Å². The van der Waals surface area contributed by atoms with E-state index in [1.54, 1.807) is 17.8 Å². The number of aromatic nitrogens is 2. The third-order valence-electron chi connectivity index (χ3n) is 2.83. The lowest BCUT2D eigenvalue weighted by Gasteiger charge is -2.11. The van der Waals surface area contributed by atoms with Crippen LogP contribution in [0.1, 0.15) is 23.6 Å². The Morgan fingerprint density at radius 1 is 1.47 bits per heavy atom. The molecule has 1 heterocycles. The van der Waals surface area contributed by atoms with E-state index in [4.69, 9.17) is 9.94 Å². The topological polar surface area (TPSA) is 59.6 Å². The smallest absolute Gasteiger partial charge is 0.129 e. The Bertz CT molecular complexity index is 602. The summed E-state index contributed by atoms with van der Waals surface area (Å²) in [5.74, 6) is 0.708. The molecule has 0 radical (unpaired) electrons. The highest BCUT2D eigenvalue weighted by Crippen LogP contribution is 2.22. The van der Waals surface area contributed by atoms with Gasteiger partial charge in [0.25, 0.3) is 0 Å². The van der Waals surface area contributed by atoms with Crippen LogP contribution in [0.25, 0.3) is 0 Å². The van der Waals surface area contributed by atoms with Gasteiger partial charge in [-0.3, -0.25) is 4.68 Å². The SMILES string of the molecule is C/C(=N/O)c1ccc(C)cc1OCc1cnn(C)c1. The van der Waals surface area contributed by atoms with Gasteiger partial charge in [-0.15, -0.1) is 0 Å². The molecule has 0 spiro atoms. The highest BCUT2D eigenvalue weighted by Gasteiger charge is 2.08. The largest absolute Gasteiger partial charge is 0.488 e. The van der Waals surface area contributed by atoms with Crippen molar-refractivity contribution in [1.82, 2.24) is 9.78 Å². The molecule has 0 unspecified atom stereocenters. The van der Waals surface area contributed by atoms with Gasteiger partial charge in [-0.05, 0) is 31.5 Å². The fourth-order valence-electron chi connectivity index (χ4n) is 1.81. The third-order valence-corrected chi connectivity index (χ3v) is 2.83. The minimum Gasteiger partial charge on any atom is -0.488 e. The lowest BCUT2D eigenvalue weighted by Crippen LogP contribution is -2.02. The van der Waals surface area contributed by atoms with E-state index in [1.165, 1.54) is 0 Å². The second-order valence-electron chi connectivity index (χ2n) is 4.50. The predicted octanol–water partition coefficient (Wildman–Crippen LogP) is 2.51. The summed E-state index contributed by atoms with van der Waals surface area (Å²) in [6.45, 7) is 4.16. The van der Waals surface area contributed by atoms with Gasteiger partial charge < -0.3 is 9.94 Å². The first-order chi connectivity index (χ1) is 9.10. The molecule has 0 aliphatic carbocycles. The zero-order valence-corrected chi connectivity index (χ0v) is 11.3. The van der Waals surface area contributed by atoms with Gasteiger partial charge in [0, 0.05) is 24.4 Å². The van der Waals surface area contributed by atoms with Crippen LogP contribution in [0.3, 0.4) is 0 Å². The molecule has 5 heteroatoms. The second-order valence-corrected chi connectivity index (χ2v) is 4.50. The van der Waals surface area contributed by atoms with Crippen LogP contribution >= 0.6 is 0 Å². The van der Waals surface area contributed by atoms with Crippen molar-refractivity contribution in [2.45, 2.75) is 20.5 Å². The predicted molar refractivity (Wildman–Crippen MR) is 72.7 cm³/mol. The summed E-state index contributed by atoms with van der Waals surface area (Å²) in [5.41, 5.74) is 3.40. The average molecular weight is 259 g/mol.